The number of halogens is 1. The molecule has 0 aliphatic heterocycles. The first-order chi connectivity index (χ1) is 11.1. The third-order valence-corrected chi connectivity index (χ3v) is 3.68. The molecular formula is C17H13BrN4O. The Morgan fingerprint density at radius 3 is 2.83 bits per heavy atom. The number of amides is 1. The van der Waals surface area contributed by atoms with Crippen LogP contribution in [0.2, 0.25) is 0 Å². The molecule has 114 valence electrons. The summed E-state index contributed by atoms with van der Waals surface area (Å²) in [5, 5.41) is 4.14. The van der Waals surface area contributed by atoms with Crippen molar-refractivity contribution in [2.24, 2.45) is 5.73 Å². The zero-order valence-electron chi connectivity index (χ0n) is 12.0. The Morgan fingerprint density at radius 1 is 1.17 bits per heavy atom. The lowest BCUT2D eigenvalue weighted by molar-refractivity contribution is -0.113. The molecule has 0 aliphatic carbocycles. The lowest BCUT2D eigenvalue weighted by Crippen LogP contribution is -2.05. The van der Waals surface area contributed by atoms with Crippen molar-refractivity contribution in [3.63, 3.8) is 0 Å². The number of rotatable bonds is 4. The van der Waals surface area contributed by atoms with E-state index in [-0.39, 0.29) is 0 Å². The molecule has 5 nitrogen and oxygen atoms in total. The molecule has 3 rings (SSSR count). The van der Waals surface area contributed by atoms with Gasteiger partial charge in [-0.1, -0.05) is 28.1 Å². The maximum Gasteiger partial charge on any atom is 0.241 e. The van der Waals surface area contributed by atoms with E-state index >= 15 is 0 Å². The summed E-state index contributed by atoms with van der Waals surface area (Å²) in [5.41, 5.74) is 7.71. The van der Waals surface area contributed by atoms with Crippen LogP contribution < -0.4 is 11.1 Å². The molecule has 6 heteroatoms. The predicted molar refractivity (Wildman–Crippen MR) is 95.2 cm³/mol. The van der Waals surface area contributed by atoms with E-state index in [1.165, 1.54) is 12.4 Å². The highest BCUT2D eigenvalue weighted by Gasteiger charge is 2.05. The Hall–Kier alpha value is -2.73. The second kappa shape index (κ2) is 6.58. The maximum absolute atomic E-state index is 10.9. The first-order valence-corrected chi connectivity index (χ1v) is 7.66. The molecule has 0 unspecified atom stereocenters. The van der Waals surface area contributed by atoms with E-state index in [2.05, 4.69) is 31.2 Å². The van der Waals surface area contributed by atoms with Crippen LogP contribution >= 0.6 is 15.9 Å². The number of nitrogens with zero attached hydrogens (tertiary/aromatic N) is 2. The molecule has 1 heterocycles. The topological polar surface area (TPSA) is 80.9 Å². The third-order valence-electron chi connectivity index (χ3n) is 3.19. The fourth-order valence-corrected chi connectivity index (χ4v) is 2.56. The van der Waals surface area contributed by atoms with E-state index < -0.39 is 5.91 Å². The van der Waals surface area contributed by atoms with Gasteiger partial charge in [-0.25, -0.2) is 9.97 Å². The zero-order chi connectivity index (χ0) is 16.2. The quantitative estimate of drug-likeness (QED) is 0.688. The minimum absolute atomic E-state index is 0.484. The van der Waals surface area contributed by atoms with Gasteiger partial charge in [0, 0.05) is 21.6 Å². The van der Waals surface area contributed by atoms with Gasteiger partial charge in [0.15, 0.2) is 0 Å². The van der Waals surface area contributed by atoms with Gasteiger partial charge in [-0.3, -0.25) is 4.79 Å². The second-order valence-electron chi connectivity index (χ2n) is 4.87. The van der Waals surface area contributed by atoms with E-state index in [0.29, 0.717) is 5.82 Å². The monoisotopic (exact) mass is 368 g/mol. The number of nitrogens with two attached hydrogens (primary N) is 1. The Morgan fingerprint density at radius 2 is 2.04 bits per heavy atom. The normalized spacial score (nSPS) is 11.0. The standard InChI is InChI=1S/C17H13BrN4O/c18-12-2-1-3-13(9-12)22-17-14-8-11(5-7-16(19)23)4-6-15(14)20-10-21-17/h1-10H,(H2,19,23)(H,20,21,22). The molecule has 1 amide bonds. The van der Waals surface area contributed by atoms with Crippen molar-refractivity contribution in [1.82, 2.24) is 9.97 Å². The third kappa shape index (κ3) is 3.73. The fourth-order valence-electron chi connectivity index (χ4n) is 2.16. The van der Waals surface area contributed by atoms with E-state index in [4.69, 9.17) is 5.73 Å². The predicted octanol–water partition coefficient (Wildman–Crippen LogP) is 3.63. The molecular weight excluding hydrogens is 356 g/mol. The molecule has 0 atom stereocenters. The zero-order valence-corrected chi connectivity index (χ0v) is 13.6. The van der Waals surface area contributed by atoms with Crippen molar-refractivity contribution < 1.29 is 4.79 Å². The van der Waals surface area contributed by atoms with Crippen molar-refractivity contribution in [2.75, 3.05) is 5.32 Å². The van der Waals surface area contributed by atoms with Gasteiger partial charge < -0.3 is 11.1 Å². The summed E-state index contributed by atoms with van der Waals surface area (Å²) in [4.78, 5) is 19.4. The minimum atomic E-state index is -0.484. The number of benzene rings is 2. The summed E-state index contributed by atoms with van der Waals surface area (Å²) in [7, 11) is 0. The Kier molecular flexibility index (Phi) is 4.34. The number of anilines is 2. The molecule has 2 aromatic carbocycles. The van der Waals surface area contributed by atoms with Gasteiger partial charge >= 0.3 is 0 Å². The van der Waals surface area contributed by atoms with Crippen LogP contribution in [0.4, 0.5) is 11.5 Å². The molecule has 1 aromatic heterocycles. The average molecular weight is 369 g/mol. The molecule has 0 bridgehead atoms. The van der Waals surface area contributed by atoms with Gasteiger partial charge in [0.25, 0.3) is 0 Å². The minimum Gasteiger partial charge on any atom is -0.366 e. The number of carbonyl (C=O) groups excluding carboxylic acids is 1. The van der Waals surface area contributed by atoms with Crippen LogP contribution in [0, 0.1) is 0 Å². The largest absolute Gasteiger partial charge is 0.366 e. The van der Waals surface area contributed by atoms with E-state index in [9.17, 15) is 4.79 Å². The lowest BCUT2D eigenvalue weighted by Gasteiger charge is -2.09. The smallest absolute Gasteiger partial charge is 0.241 e. The second-order valence-corrected chi connectivity index (χ2v) is 5.79. The van der Waals surface area contributed by atoms with Gasteiger partial charge in [-0.15, -0.1) is 0 Å². The molecule has 23 heavy (non-hydrogen) atoms. The summed E-state index contributed by atoms with van der Waals surface area (Å²) in [5.74, 6) is 0.212. The molecule has 0 aliphatic rings. The van der Waals surface area contributed by atoms with Gasteiger partial charge in [0.2, 0.25) is 5.91 Å². The number of nitrogens with one attached hydrogen (secondary N) is 1. The molecule has 0 spiro atoms. The summed E-state index contributed by atoms with van der Waals surface area (Å²) >= 11 is 3.45. The average Bonchev–Trinajstić information content (AvgIpc) is 2.53. The van der Waals surface area contributed by atoms with Crippen LogP contribution in [0.15, 0.2) is 59.3 Å². The van der Waals surface area contributed by atoms with Crippen molar-refractivity contribution in [3.05, 3.63) is 64.9 Å². The summed E-state index contributed by atoms with van der Waals surface area (Å²) in [6.45, 7) is 0. The van der Waals surface area contributed by atoms with Crippen LogP contribution in [0.1, 0.15) is 5.56 Å². The number of hydrogen-bond donors (Lipinski definition) is 2. The molecule has 3 aromatic rings. The maximum atomic E-state index is 10.9. The molecule has 0 saturated carbocycles. The van der Waals surface area contributed by atoms with Crippen molar-refractivity contribution in [3.8, 4) is 0 Å². The van der Waals surface area contributed by atoms with Crippen molar-refractivity contribution >= 4 is 50.3 Å². The SMILES string of the molecule is NC(=O)C=Cc1ccc2ncnc(Nc3cccc(Br)c3)c2c1. The first kappa shape index (κ1) is 15.2. The highest BCUT2D eigenvalue weighted by atomic mass is 79.9. The summed E-state index contributed by atoms with van der Waals surface area (Å²) < 4.78 is 0.978. The van der Waals surface area contributed by atoms with E-state index in [1.54, 1.807) is 6.08 Å². The highest BCUT2D eigenvalue weighted by molar-refractivity contribution is 9.10. The van der Waals surface area contributed by atoms with Crippen LogP contribution in [-0.4, -0.2) is 15.9 Å². The van der Waals surface area contributed by atoms with E-state index in [1.807, 2.05) is 42.5 Å². The van der Waals surface area contributed by atoms with Crippen LogP contribution in [0.25, 0.3) is 17.0 Å². The number of aromatic nitrogens is 2. The summed E-state index contributed by atoms with van der Waals surface area (Å²) in [6, 6.07) is 13.5. The van der Waals surface area contributed by atoms with Crippen LogP contribution in [0.3, 0.4) is 0 Å². The Balaban J connectivity index is 2.02. The van der Waals surface area contributed by atoms with Gasteiger partial charge in [0.1, 0.15) is 12.1 Å². The number of carbonyl (C=O) groups is 1. The fraction of sp³-hybridized carbons (Fsp3) is 0. The van der Waals surface area contributed by atoms with Crippen molar-refractivity contribution in [2.45, 2.75) is 0 Å². The van der Waals surface area contributed by atoms with Crippen LogP contribution in [-0.2, 0) is 4.79 Å². The number of primary amides is 1. The van der Waals surface area contributed by atoms with Gasteiger partial charge in [0.05, 0.1) is 5.52 Å². The lowest BCUT2D eigenvalue weighted by atomic mass is 10.1. The van der Waals surface area contributed by atoms with E-state index in [0.717, 1.165) is 26.6 Å². The van der Waals surface area contributed by atoms with Gasteiger partial charge in [-0.2, -0.15) is 0 Å². The van der Waals surface area contributed by atoms with Gasteiger partial charge in [-0.05, 0) is 42.0 Å². The molecule has 0 saturated heterocycles. The Labute approximate surface area is 141 Å². The Bertz CT molecular complexity index is 908. The molecule has 0 fully saturated rings. The van der Waals surface area contributed by atoms with Crippen LogP contribution in [0.5, 0.6) is 0 Å². The van der Waals surface area contributed by atoms with Crippen molar-refractivity contribution in [1.29, 1.82) is 0 Å². The summed E-state index contributed by atoms with van der Waals surface area (Å²) in [6.07, 6.45) is 4.51. The molecule has 3 N–H and O–H groups in total. The number of fused-ring (bicyclic) bond motifs is 1. The highest BCUT2D eigenvalue weighted by Crippen LogP contribution is 2.25. The molecule has 0 radical (unpaired) electrons. The number of hydrogen-bond acceptors (Lipinski definition) is 4. The first-order valence-electron chi connectivity index (χ1n) is 6.87.